The van der Waals surface area contributed by atoms with Crippen LogP contribution >= 0.6 is 136 Å². The molecule has 0 bridgehead atoms. The molecule has 15 N–H and O–H groups in total. The fourth-order valence-electron chi connectivity index (χ4n) is 4.47. The van der Waals surface area contributed by atoms with Crippen LogP contribution in [0.25, 0.3) is 0 Å². The molecule has 0 saturated heterocycles. The van der Waals surface area contributed by atoms with E-state index in [2.05, 4.69) is 31.9 Å². The van der Waals surface area contributed by atoms with Gasteiger partial charge in [-0.15, -0.1) is 0 Å². The van der Waals surface area contributed by atoms with Crippen molar-refractivity contribution in [3.8, 4) is 0 Å². The third-order valence-electron chi connectivity index (χ3n) is 7.65. The fraction of sp³-hybridized carbons (Fsp3) is 0.455. The van der Waals surface area contributed by atoms with Crippen molar-refractivity contribution in [2.24, 2.45) is 0 Å². The van der Waals surface area contributed by atoms with Gasteiger partial charge in [0, 0.05) is 33.3 Å². The van der Waals surface area contributed by atoms with Gasteiger partial charge in [0.15, 0.2) is 0 Å². The van der Waals surface area contributed by atoms with Crippen LogP contribution in [-0.2, 0) is 9.47 Å². The summed E-state index contributed by atoms with van der Waals surface area (Å²) in [6.07, 6.45) is -9.22. The summed E-state index contributed by atoms with van der Waals surface area (Å²) in [4.78, 5) is 79.0. The van der Waals surface area contributed by atoms with E-state index in [9.17, 15) is 54.3 Å². The van der Waals surface area contributed by atoms with Gasteiger partial charge in [-0.05, 0) is 136 Å². The number of aliphatic hydroxyl groups excluding tert-OH is 9. The second-order valence-electron chi connectivity index (χ2n) is 12.4. The summed E-state index contributed by atoms with van der Waals surface area (Å²) in [5.74, 6) is -3.17. The van der Waals surface area contributed by atoms with E-state index in [1.54, 1.807) is 136 Å². The largest absolute Gasteiger partial charge is 0.446 e. The summed E-state index contributed by atoms with van der Waals surface area (Å²) >= 11 is 10.4. The van der Waals surface area contributed by atoms with Gasteiger partial charge in [0.2, 0.25) is 0 Å². The van der Waals surface area contributed by atoms with Crippen molar-refractivity contribution >= 4 is 183 Å². The van der Waals surface area contributed by atoms with Gasteiger partial charge in [-0.3, -0.25) is 29.8 Å². The molecule has 0 heterocycles. The summed E-state index contributed by atoms with van der Waals surface area (Å²) < 4.78 is 10.9. The molecule has 0 aliphatic carbocycles. The molecule has 346 valence electrons. The van der Waals surface area contributed by atoms with Gasteiger partial charge in [0.25, 0.3) is 23.6 Å². The van der Waals surface area contributed by atoms with E-state index in [-0.39, 0.29) is 81.2 Å². The number of carbonyl (C=O) groups excluding carboxylic acids is 6. The molecule has 29 heteroatoms. The Hall–Kier alpha value is -1.12. The molecule has 4 atom stereocenters. The highest BCUT2D eigenvalue weighted by Gasteiger charge is 2.31. The normalized spacial score (nSPS) is 13.5. The van der Waals surface area contributed by atoms with Crippen molar-refractivity contribution < 1.29 is 84.2 Å². The standard InChI is InChI=1S/C33H40I6N6O17/c34-20-16(28(55)40-1-11(50)5-46)22(36)26(23(37)17(20)29(56)41-2-12(51)6-47)44-32(59)61-9-15(54)10-62-33(60)45-27-24(38)18(30(57)42-3-13(52)7-48)21(35)19(25(27)39)31(58)43-4-14(53)8-49/h11-15,46-54H,1-10H2,(H,40,55)(H,41,56)(H,42,57)(H,43,58)(H,44,59)(H,45,60). The van der Waals surface area contributed by atoms with Crippen LogP contribution in [0.2, 0.25) is 0 Å². The lowest BCUT2D eigenvalue weighted by atomic mass is 10.1. The smallest absolute Gasteiger partial charge is 0.411 e. The van der Waals surface area contributed by atoms with Crippen LogP contribution in [0.5, 0.6) is 0 Å². The molecule has 0 aliphatic heterocycles. The number of aliphatic hydroxyl groups is 9. The van der Waals surface area contributed by atoms with E-state index in [0.717, 1.165) is 0 Å². The lowest BCUT2D eigenvalue weighted by molar-refractivity contribution is 0.0292. The number of nitrogens with one attached hydrogen (secondary N) is 6. The van der Waals surface area contributed by atoms with E-state index >= 15 is 0 Å². The Balaban J connectivity index is 2.30. The van der Waals surface area contributed by atoms with Crippen molar-refractivity contribution in [2.45, 2.75) is 30.5 Å². The van der Waals surface area contributed by atoms with Crippen molar-refractivity contribution in [3.05, 3.63) is 43.7 Å². The summed E-state index contributed by atoms with van der Waals surface area (Å²) in [5.41, 5.74) is -0.618. The van der Waals surface area contributed by atoms with E-state index in [1.165, 1.54) is 0 Å². The summed E-state index contributed by atoms with van der Waals surface area (Å²) in [5, 5.41) is 101. The molecule has 23 nitrogen and oxygen atoms in total. The molecule has 2 rings (SSSR count). The molecule has 2 aromatic rings. The zero-order chi connectivity index (χ0) is 47.0. The molecule has 2 aromatic carbocycles. The average molecular weight is 1550 g/mol. The van der Waals surface area contributed by atoms with Crippen LogP contribution in [0.1, 0.15) is 41.4 Å². The molecule has 6 amide bonds. The number of ether oxygens (including phenoxy) is 2. The van der Waals surface area contributed by atoms with Gasteiger partial charge in [-0.2, -0.15) is 0 Å². The number of carbonyl (C=O) groups is 6. The first-order chi connectivity index (χ1) is 29.1. The maximum Gasteiger partial charge on any atom is 0.411 e. The molecule has 4 unspecified atom stereocenters. The van der Waals surface area contributed by atoms with Crippen molar-refractivity contribution in [1.82, 2.24) is 21.3 Å². The molecule has 62 heavy (non-hydrogen) atoms. The topological polar surface area (TPSA) is 375 Å². The quantitative estimate of drug-likeness (QED) is 0.0616. The highest BCUT2D eigenvalue weighted by molar-refractivity contribution is 14.1. The van der Waals surface area contributed by atoms with E-state index < -0.39 is 106 Å². The minimum absolute atomic E-state index is 0.0839. The number of halogens is 6. The Morgan fingerprint density at radius 1 is 0.403 bits per heavy atom. The molecule has 0 radical (unpaired) electrons. The van der Waals surface area contributed by atoms with E-state index in [0.29, 0.717) is 0 Å². The molecule has 0 aliphatic rings. The van der Waals surface area contributed by atoms with Crippen molar-refractivity contribution in [2.75, 3.05) is 76.5 Å². The number of hydrogen-bond acceptors (Lipinski definition) is 17. The first-order valence-electron chi connectivity index (χ1n) is 17.4. The Morgan fingerprint density at radius 2 is 0.629 bits per heavy atom. The SMILES string of the molecule is O=C(Nc1c(I)c(C(=O)NCC(O)CO)c(I)c(C(=O)NCC(O)CO)c1I)OCC(O)COC(=O)Nc1c(I)c(C(=O)NCC(O)CO)c(I)c(C(=O)NCC(O)CO)c1I. The maximum atomic E-state index is 13.3. The van der Waals surface area contributed by atoms with Gasteiger partial charge in [-0.25, -0.2) is 9.59 Å². The summed E-state index contributed by atoms with van der Waals surface area (Å²) in [6.45, 7) is -5.61. The van der Waals surface area contributed by atoms with E-state index in [4.69, 9.17) is 29.9 Å². The first kappa shape index (κ1) is 57.0. The number of rotatable bonds is 22. The van der Waals surface area contributed by atoms with Gasteiger partial charge in [0.05, 0.1) is 98.8 Å². The van der Waals surface area contributed by atoms with Crippen molar-refractivity contribution in [1.29, 1.82) is 0 Å². The Kier molecular flexibility index (Phi) is 25.9. The fourth-order valence-corrected chi connectivity index (χ4v) is 13.3. The maximum absolute atomic E-state index is 13.3. The second-order valence-corrected chi connectivity index (χ2v) is 18.9. The molecule has 0 spiro atoms. The van der Waals surface area contributed by atoms with Crippen LogP contribution in [-0.4, -0.2) is 178 Å². The summed E-state index contributed by atoms with van der Waals surface area (Å²) in [7, 11) is 0. The zero-order valence-electron chi connectivity index (χ0n) is 31.5. The number of benzene rings is 2. The third-order valence-corrected chi connectivity index (χ3v) is 14.1. The zero-order valence-corrected chi connectivity index (χ0v) is 44.5. The monoisotopic (exact) mass is 1550 g/mol. The molecule has 0 aromatic heterocycles. The van der Waals surface area contributed by atoms with Crippen LogP contribution < -0.4 is 31.9 Å². The van der Waals surface area contributed by atoms with Crippen LogP contribution in [0.4, 0.5) is 21.0 Å². The van der Waals surface area contributed by atoms with E-state index in [1.807, 2.05) is 0 Å². The predicted octanol–water partition coefficient (Wildman–Crippen LogP) is -1.20. The van der Waals surface area contributed by atoms with Crippen molar-refractivity contribution in [3.63, 3.8) is 0 Å². The van der Waals surface area contributed by atoms with Gasteiger partial charge < -0.3 is 76.7 Å². The Bertz CT molecular complexity index is 1730. The number of amides is 6. The average Bonchev–Trinajstić information content (AvgIpc) is 3.24. The Labute approximate surface area is 433 Å². The highest BCUT2D eigenvalue weighted by Crippen LogP contribution is 2.37. The first-order valence-corrected chi connectivity index (χ1v) is 23.9. The number of anilines is 2. The molecule has 0 fully saturated rings. The minimum atomic E-state index is -1.63. The van der Waals surface area contributed by atoms with Crippen LogP contribution in [0.3, 0.4) is 0 Å². The minimum Gasteiger partial charge on any atom is -0.446 e. The molecular weight excluding hydrogens is 1510 g/mol. The Morgan fingerprint density at radius 3 is 0.839 bits per heavy atom. The second kappa shape index (κ2) is 28.1. The van der Waals surface area contributed by atoms with Gasteiger partial charge >= 0.3 is 12.2 Å². The van der Waals surface area contributed by atoms with Gasteiger partial charge in [0.1, 0.15) is 19.3 Å². The molecular formula is C33H40I6N6O17. The lowest BCUT2D eigenvalue weighted by Gasteiger charge is -2.21. The third kappa shape index (κ3) is 16.6. The van der Waals surface area contributed by atoms with Crippen LogP contribution in [0, 0.1) is 21.4 Å². The highest BCUT2D eigenvalue weighted by atomic mass is 127. The van der Waals surface area contributed by atoms with Crippen LogP contribution in [0.15, 0.2) is 0 Å². The molecule has 0 saturated carbocycles. The predicted molar refractivity (Wildman–Crippen MR) is 267 cm³/mol. The lowest BCUT2D eigenvalue weighted by Crippen LogP contribution is -2.37. The summed E-state index contributed by atoms with van der Waals surface area (Å²) in [6, 6.07) is 0. The van der Waals surface area contributed by atoms with Gasteiger partial charge in [-0.1, -0.05) is 0 Å². The number of hydrogen-bond donors (Lipinski definition) is 15.